The number of carbonyl (C=O) groups excluding carboxylic acids is 1. The molecule has 2 aromatic carbocycles. The first-order chi connectivity index (χ1) is 15.7. The Hall–Kier alpha value is -3.74. The van der Waals surface area contributed by atoms with Crippen molar-refractivity contribution in [1.29, 1.82) is 0 Å². The topological polar surface area (TPSA) is 73.1 Å². The van der Waals surface area contributed by atoms with Crippen molar-refractivity contribution >= 4 is 16.8 Å². The van der Waals surface area contributed by atoms with Gasteiger partial charge in [-0.1, -0.05) is 41.6 Å². The van der Waals surface area contributed by atoms with Crippen LogP contribution in [-0.2, 0) is 0 Å². The molecule has 2 aromatic heterocycles. The van der Waals surface area contributed by atoms with Crippen LogP contribution in [0.5, 0.6) is 5.75 Å². The molecule has 7 heteroatoms. The van der Waals surface area contributed by atoms with Crippen LogP contribution in [-0.4, -0.2) is 50.5 Å². The van der Waals surface area contributed by atoms with Gasteiger partial charge in [-0.05, 0) is 44.0 Å². The Morgan fingerprint density at radius 2 is 1.94 bits per heavy atom. The summed E-state index contributed by atoms with van der Waals surface area (Å²) in [4.78, 5) is 19.7. The Morgan fingerprint density at radius 1 is 1.09 bits per heavy atom. The SMILES string of the molecule is Cc1c(C(=O)N2CCCC(COc3ccccc3)C2)nnn1-c1cccc2cccnc12. The van der Waals surface area contributed by atoms with Crippen LogP contribution < -0.4 is 4.74 Å². The fourth-order valence-corrected chi connectivity index (χ4v) is 4.28. The number of carbonyl (C=O) groups is 1. The lowest BCUT2D eigenvalue weighted by atomic mass is 9.98. The summed E-state index contributed by atoms with van der Waals surface area (Å²) >= 11 is 0. The van der Waals surface area contributed by atoms with Crippen LogP contribution in [0.15, 0.2) is 66.9 Å². The minimum atomic E-state index is -0.0774. The van der Waals surface area contributed by atoms with Crippen molar-refractivity contribution in [3.05, 3.63) is 78.2 Å². The van der Waals surface area contributed by atoms with E-state index < -0.39 is 0 Å². The number of ether oxygens (including phenoxy) is 1. The fraction of sp³-hybridized carbons (Fsp3) is 0.280. The van der Waals surface area contributed by atoms with Gasteiger partial charge >= 0.3 is 0 Å². The van der Waals surface area contributed by atoms with Gasteiger partial charge in [0, 0.05) is 30.6 Å². The molecule has 4 aromatic rings. The van der Waals surface area contributed by atoms with E-state index in [9.17, 15) is 4.79 Å². The molecule has 1 saturated heterocycles. The van der Waals surface area contributed by atoms with Crippen LogP contribution in [0.25, 0.3) is 16.6 Å². The molecule has 5 rings (SSSR count). The summed E-state index contributed by atoms with van der Waals surface area (Å²) in [5.74, 6) is 1.08. The first kappa shape index (κ1) is 20.2. The molecule has 0 N–H and O–H groups in total. The Balaban J connectivity index is 1.33. The summed E-state index contributed by atoms with van der Waals surface area (Å²) in [6, 6.07) is 19.6. The van der Waals surface area contributed by atoms with Gasteiger partial charge < -0.3 is 9.64 Å². The Morgan fingerprint density at radius 3 is 2.81 bits per heavy atom. The van der Waals surface area contributed by atoms with E-state index in [1.807, 2.05) is 72.5 Å². The zero-order valence-electron chi connectivity index (χ0n) is 18.0. The summed E-state index contributed by atoms with van der Waals surface area (Å²) < 4.78 is 7.64. The van der Waals surface area contributed by atoms with Crippen molar-refractivity contribution in [3.8, 4) is 11.4 Å². The third-order valence-corrected chi connectivity index (χ3v) is 5.97. The number of piperidine rings is 1. The van der Waals surface area contributed by atoms with E-state index in [2.05, 4.69) is 15.3 Å². The van der Waals surface area contributed by atoms with E-state index in [0.29, 0.717) is 24.8 Å². The van der Waals surface area contributed by atoms with Gasteiger partial charge in [0.25, 0.3) is 5.91 Å². The average Bonchev–Trinajstić information content (AvgIpc) is 3.23. The van der Waals surface area contributed by atoms with E-state index in [1.54, 1.807) is 10.9 Å². The normalized spacial score (nSPS) is 16.3. The second-order valence-electron chi connectivity index (χ2n) is 8.17. The number of benzene rings is 2. The highest BCUT2D eigenvalue weighted by molar-refractivity contribution is 5.94. The van der Waals surface area contributed by atoms with Gasteiger partial charge in [-0.3, -0.25) is 9.78 Å². The highest BCUT2D eigenvalue weighted by atomic mass is 16.5. The Kier molecular flexibility index (Phi) is 5.54. The third kappa shape index (κ3) is 3.93. The molecule has 162 valence electrons. The number of hydrogen-bond donors (Lipinski definition) is 0. The number of amides is 1. The fourth-order valence-electron chi connectivity index (χ4n) is 4.28. The molecule has 7 nitrogen and oxygen atoms in total. The standard InChI is InChI=1S/C25H25N5O2/c1-18-23(27-28-30(18)22-13-5-9-20-10-6-14-26-24(20)22)25(31)29-15-7-8-19(16-29)17-32-21-11-3-2-4-12-21/h2-6,9-14,19H,7-8,15-17H2,1H3. The number of nitrogens with zero attached hydrogens (tertiary/aromatic N) is 5. The summed E-state index contributed by atoms with van der Waals surface area (Å²) in [6.07, 6.45) is 3.76. The molecular formula is C25H25N5O2. The molecule has 0 saturated carbocycles. The first-order valence-corrected chi connectivity index (χ1v) is 10.9. The average molecular weight is 428 g/mol. The number of para-hydroxylation sites is 2. The second kappa shape index (κ2) is 8.78. The number of likely N-dealkylation sites (tertiary alicyclic amines) is 1. The molecule has 1 atom stereocenters. The van der Waals surface area contributed by atoms with Gasteiger partial charge in [-0.2, -0.15) is 0 Å². The van der Waals surface area contributed by atoms with Gasteiger partial charge in [0.2, 0.25) is 0 Å². The minimum absolute atomic E-state index is 0.0774. The second-order valence-corrected chi connectivity index (χ2v) is 8.17. The predicted octanol–water partition coefficient (Wildman–Crippen LogP) is 4.06. The molecule has 0 radical (unpaired) electrons. The van der Waals surface area contributed by atoms with Gasteiger partial charge in [-0.15, -0.1) is 5.10 Å². The summed E-state index contributed by atoms with van der Waals surface area (Å²) in [5, 5.41) is 9.58. The van der Waals surface area contributed by atoms with E-state index in [-0.39, 0.29) is 5.91 Å². The Labute approximate surface area is 186 Å². The van der Waals surface area contributed by atoms with Crippen LogP contribution in [0.1, 0.15) is 29.0 Å². The van der Waals surface area contributed by atoms with Gasteiger partial charge in [0.05, 0.1) is 23.5 Å². The van der Waals surface area contributed by atoms with Crippen molar-refractivity contribution in [2.45, 2.75) is 19.8 Å². The van der Waals surface area contributed by atoms with E-state index >= 15 is 0 Å². The van der Waals surface area contributed by atoms with E-state index in [4.69, 9.17) is 4.74 Å². The molecule has 0 bridgehead atoms. The number of pyridine rings is 1. The third-order valence-electron chi connectivity index (χ3n) is 5.97. The minimum Gasteiger partial charge on any atom is -0.493 e. The summed E-state index contributed by atoms with van der Waals surface area (Å²) in [5.41, 5.74) is 2.76. The largest absolute Gasteiger partial charge is 0.493 e. The molecule has 0 spiro atoms. The molecular weight excluding hydrogens is 402 g/mol. The van der Waals surface area contributed by atoms with Crippen LogP contribution >= 0.6 is 0 Å². The first-order valence-electron chi connectivity index (χ1n) is 10.9. The van der Waals surface area contributed by atoms with Crippen molar-refractivity contribution in [2.24, 2.45) is 5.92 Å². The number of fused-ring (bicyclic) bond motifs is 1. The van der Waals surface area contributed by atoms with Crippen LogP contribution in [0.4, 0.5) is 0 Å². The molecule has 1 fully saturated rings. The number of rotatable bonds is 5. The maximum atomic E-state index is 13.3. The molecule has 32 heavy (non-hydrogen) atoms. The molecule has 1 amide bonds. The van der Waals surface area contributed by atoms with Crippen LogP contribution in [0.2, 0.25) is 0 Å². The lowest BCUT2D eigenvalue weighted by Gasteiger charge is -2.32. The lowest BCUT2D eigenvalue weighted by molar-refractivity contribution is 0.0626. The molecule has 1 unspecified atom stereocenters. The Bertz CT molecular complexity index is 1230. The smallest absolute Gasteiger partial charge is 0.276 e. The number of hydrogen-bond acceptors (Lipinski definition) is 5. The lowest BCUT2D eigenvalue weighted by Crippen LogP contribution is -2.42. The zero-order valence-corrected chi connectivity index (χ0v) is 18.0. The maximum absolute atomic E-state index is 13.3. The predicted molar refractivity (Wildman–Crippen MR) is 122 cm³/mol. The van der Waals surface area contributed by atoms with Gasteiger partial charge in [0.1, 0.15) is 5.75 Å². The molecule has 3 heterocycles. The summed E-state index contributed by atoms with van der Waals surface area (Å²) in [7, 11) is 0. The molecule has 1 aliphatic rings. The maximum Gasteiger partial charge on any atom is 0.276 e. The number of aromatic nitrogens is 4. The van der Waals surface area contributed by atoms with Crippen molar-refractivity contribution in [3.63, 3.8) is 0 Å². The molecule has 0 aliphatic carbocycles. The summed E-state index contributed by atoms with van der Waals surface area (Å²) in [6.45, 7) is 3.87. The highest BCUT2D eigenvalue weighted by Gasteiger charge is 2.28. The highest BCUT2D eigenvalue weighted by Crippen LogP contribution is 2.24. The van der Waals surface area contributed by atoms with Gasteiger partial charge in [-0.25, -0.2) is 4.68 Å². The molecule has 1 aliphatic heterocycles. The quantitative estimate of drug-likeness (QED) is 0.480. The zero-order chi connectivity index (χ0) is 21.9. The van der Waals surface area contributed by atoms with Crippen molar-refractivity contribution < 1.29 is 9.53 Å². The van der Waals surface area contributed by atoms with Crippen LogP contribution in [0, 0.1) is 12.8 Å². The van der Waals surface area contributed by atoms with Crippen LogP contribution in [0.3, 0.4) is 0 Å². The van der Waals surface area contributed by atoms with Crippen molar-refractivity contribution in [1.82, 2.24) is 24.9 Å². The van der Waals surface area contributed by atoms with Gasteiger partial charge in [0.15, 0.2) is 5.69 Å². The monoisotopic (exact) mass is 427 g/mol. The van der Waals surface area contributed by atoms with E-state index in [1.165, 1.54) is 0 Å². The van der Waals surface area contributed by atoms with Crippen molar-refractivity contribution in [2.75, 3.05) is 19.7 Å². The van der Waals surface area contributed by atoms with E-state index in [0.717, 1.165) is 47.4 Å².